The van der Waals surface area contributed by atoms with E-state index in [9.17, 15) is 14.4 Å². The number of hydrogen-bond donors (Lipinski definition) is 0. The van der Waals surface area contributed by atoms with Crippen LogP contribution in [0, 0.1) is 11.8 Å². The zero-order valence-electron chi connectivity index (χ0n) is 44.6. The Bertz CT molecular complexity index is 993. The first kappa shape index (κ1) is 63.4. The van der Waals surface area contributed by atoms with E-state index < -0.39 is 6.10 Å². The molecule has 0 fully saturated rings. The Hall–Kier alpha value is -1.59. The first-order valence-electron chi connectivity index (χ1n) is 29.2. The van der Waals surface area contributed by atoms with Crippen LogP contribution in [0.2, 0.25) is 0 Å². The molecule has 386 valence electrons. The highest BCUT2D eigenvalue weighted by Gasteiger charge is 2.19. The van der Waals surface area contributed by atoms with Crippen LogP contribution in [0.4, 0.5) is 0 Å². The third-order valence-electron chi connectivity index (χ3n) is 13.5. The minimum absolute atomic E-state index is 0.0627. The maximum Gasteiger partial charge on any atom is 0.306 e. The predicted molar refractivity (Wildman–Crippen MR) is 280 cm³/mol. The van der Waals surface area contributed by atoms with Crippen LogP contribution in [0.5, 0.6) is 0 Å². The van der Waals surface area contributed by atoms with Gasteiger partial charge in [0, 0.05) is 19.3 Å². The average Bonchev–Trinajstić information content (AvgIpc) is 3.28. The van der Waals surface area contributed by atoms with Gasteiger partial charge >= 0.3 is 17.9 Å². The molecule has 0 aliphatic heterocycles. The molecule has 0 radical (unpaired) electrons. The zero-order chi connectivity index (χ0) is 47.5. The van der Waals surface area contributed by atoms with Crippen molar-refractivity contribution in [3.63, 3.8) is 0 Å². The van der Waals surface area contributed by atoms with Gasteiger partial charge in [-0.15, -0.1) is 0 Å². The standard InChI is InChI=1S/C59H114O6/c1-6-7-8-9-10-11-12-13-14-15-16-21-24-31-36-41-46-51-59(62)65-56(53-64-58(61)50-45-40-35-30-26-25-28-33-38-43-48-55(4)5)52-63-57(60)49-44-39-34-29-23-20-18-17-19-22-27-32-37-42-47-54(2)3/h54-56H,6-53H2,1-5H3/t56-/m0/s1. The lowest BCUT2D eigenvalue weighted by Gasteiger charge is -2.18. The highest BCUT2D eigenvalue weighted by molar-refractivity contribution is 5.71. The largest absolute Gasteiger partial charge is 0.462 e. The van der Waals surface area contributed by atoms with Gasteiger partial charge in [0.05, 0.1) is 0 Å². The van der Waals surface area contributed by atoms with Crippen LogP contribution in [0.3, 0.4) is 0 Å². The number of rotatable bonds is 53. The molecule has 0 aromatic rings. The van der Waals surface area contributed by atoms with E-state index in [4.69, 9.17) is 14.2 Å². The van der Waals surface area contributed by atoms with Gasteiger partial charge < -0.3 is 14.2 Å². The summed E-state index contributed by atoms with van der Waals surface area (Å²) in [6.07, 6.45) is 55.2. The predicted octanol–water partition coefficient (Wildman–Crippen LogP) is 19.3. The lowest BCUT2D eigenvalue weighted by molar-refractivity contribution is -0.167. The molecule has 0 amide bonds. The van der Waals surface area contributed by atoms with Crippen molar-refractivity contribution in [2.24, 2.45) is 11.8 Å². The highest BCUT2D eigenvalue weighted by atomic mass is 16.6. The van der Waals surface area contributed by atoms with E-state index in [0.717, 1.165) is 69.6 Å². The molecule has 6 nitrogen and oxygen atoms in total. The fraction of sp³-hybridized carbons (Fsp3) is 0.949. The molecule has 6 heteroatoms. The van der Waals surface area contributed by atoms with Crippen LogP contribution in [0.1, 0.15) is 330 Å². The first-order valence-corrected chi connectivity index (χ1v) is 29.2. The molecule has 0 aromatic carbocycles. The third kappa shape index (κ3) is 53.2. The van der Waals surface area contributed by atoms with Gasteiger partial charge in [0.25, 0.3) is 0 Å². The van der Waals surface area contributed by atoms with E-state index in [1.165, 1.54) is 218 Å². The summed E-state index contributed by atoms with van der Waals surface area (Å²) in [6.45, 7) is 11.4. The molecule has 0 saturated heterocycles. The van der Waals surface area contributed by atoms with Gasteiger partial charge in [-0.2, -0.15) is 0 Å². The van der Waals surface area contributed by atoms with Gasteiger partial charge in [0.2, 0.25) is 0 Å². The summed E-state index contributed by atoms with van der Waals surface area (Å²) < 4.78 is 16.9. The first-order chi connectivity index (χ1) is 31.7. The van der Waals surface area contributed by atoms with E-state index in [-0.39, 0.29) is 31.1 Å². The van der Waals surface area contributed by atoms with Crippen molar-refractivity contribution in [3.05, 3.63) is 0 Å². The number of unbranched alkanes of at least 4 members (excludes halogenated alkanes) is 38. The molecule has 0 aliphatic carbocycles. The second kappa shape index (κ2) is 51.8. The van der Waals surface area contributed by atoms with Crippen molar-refractivity contribution in [1.29, 1.82) is 0 Å². The summed E-state index contributed by atoms with van der Waals surface area (Å²) in [6, 6.07) is 0. The number of esters is 3. The van der Waals surface area contributed by atoms with Gasteiger partial charge in [-0.3, -0.25) is 14.4 Å². The van der Waals surface area contributed by atoms with Crippen molar-refractivity contribution >= 4 is 17.9 Å². The molecule has 0 aliphatic rings. The van der Waals surface area contributed by atoms with Gasteiger partial charge in [-0.25, -0.2) is 0 Å². The molecule has 0 unspecified atom stereocenters. The monoisotopic (exact) mass is 919 g/mol. The minimum atomic E-state index is -0.763. The van der Waals surface area contributed by atoms with Gasteiger partial charge in [0.1, 0.15) is 13.2 Å². The van der Waals surface area contributed by atoms with Crippen LogP contribution in [0.25, 0.3) is 0 Å². The van der Waals surface area contributed by atoms with Crippen molar-refractivity contribution in [2.75, 3.05) is 13.2 Å². The molecular weight excluding hydrogens is 805 g/mol. The smallest absolute Gasteiger partial charge is 0.306 e. The molecule has 0 bridgehead atoms. The van der Waals surface area contributed by atoms with E-state index in [1.54, 1.807) is 0 Å². The Morgan fingerprint density at radius 1 is 0.292 bits per heavy atom. The van der Waals surface area contributed by atoms with Crippen LogP contribution in [-0.4, -0.2) is 37.2 Å². The Kier molecular flexibility index (Phi) is 50.5. The summed E-state index contributed by atoms with van der Waals surface area (Å²) >= 11 is 0. The maximum atomic E-state index is 12.9. The number of ether oxygens (including phenoxy) is 3. The lowest BCUT2D eigenvalue weighted by atomic mass is 10.0. The van der Waals surface area contributed by atoms with Crippen LogP contribution < -0.4 is 0 Å². The van der Waals surface area contributed by atoms with E-state index in [0.29, 0.717) is 19.3 Å². The van der Waals surface area contributed by atoms with Gasteiger partial charge in [-0.05, 0) is 31.1 Å². The van der Waals surface area contributed by atoms with Gasteiger partial charge in [0.15, 0.2) is 6.10 Å². The fourth-order valence-electron chi connectivity index (χ4n) is 9.05. The molecule has 0 N–H and O–H groups in total. The Balaban J connectivity index is 4.29. The normalized spacial score (nSPS) is 12.0. The van der Waals surface area contributed by atoms with Crippen molar-refractivity contribution in [1.82, 2.24) is 0 Å². The second-order valence-corrected chi connectivity index (χ2v) is 21.2. The van der Waals surface area contributed by atoms with Crippen molar-refractivity contribution in [3.8, 4) is 0 Å². The Morgan fingerprint density at radius 3 is 0.754 bits per heavy atom. The lowest BCUT2D eigenvalue weighted by Crippen LogP contribution is -2.30. The summed E-state index contributed by atoms with van der Waals surface area (Å²) in [5, 5.41) is 0. The molecule has 1 atom stereocenters. The quantitative estimate of drug-likeness (QED) is 0.0344. The zero-order valence-corrected chi connectivity index (χ0v) is 44.6. The minimum Gasteiger partial charge on any atom is -0.462 e. The topological polar surface area (TPSA) is 78.9 Å². The van der Waals surface area contributed by atoms with Crippen molar-refractivity contribution in [2.45, 2.75) is 336 Å². The molecule has 0 saturated carbocycles. The Morgan fingerprint density at radius 2 is 0.508 bits per heavy atom. The fourth-order valence-corrected chi connectivity index (χ4v) is 9.05. The maximum absolute atomic E-state index is 12.9. The second-order valence-electron chi connectivity index (χ2n) is 21.2. The highest BCUT2D eigenvalue weighted by Crippen LogP contribution is 2.18. The molecule has 0 spiro atoms. The van der Waals surface area contributed by atoms with Crippen LogP contribution >= 0.6 is 0 Å². The summed E-state index contributed by atoms with van der Waals surface area (Å²) in [5.74, 6) is 0.824. The molecule has 0 rings (SSSR count). The Labute approximate surface area is 406 Å². The van der Waals surface area contributed by atoms with Crippen molar-refractivity contribution < 1.29 is 28.6 Å². The van der Waals surface area contributed by atoms with Crippen LogP contribution in [0.15, 0.2) is 0 Å². The summed E-state index contributed by atoms with van der Waals surface area (Å²) in [5.41, 5.74) is 0. The van der Waals surface area contributed by atoms with E-state index in [2.05, 4.69) is 34.6 Å². The SMILES string of the molecule is CCCCCCCCCCCCCCCCCCCC(=O)O[C@@H](COC(=O)CCCCCCCCCCCCCCCCC(C)C)COC(=O)CCCCCCCCCCCCC(C)C. The van der Waals surface area contributed by atoms with E-state index in [1.807, 2.05) is 0 Å². The molecule has 65 heavy (non-hydrogen) atoms. The number of hydrogen-bond acceptors (Lipinski definition) is 6. The molecule has 0 heterocycles. The molecule has 0 aromatic heterocycles. The number of carbonyl (C=O) groups excluding carboxylic acids is 3. The number of carbonyl (C=O) groups is 3. The summed E-state index contributed by atoms with van der Waals surface area (Å²) in [4.78, 5) is 38.1. The van der Waals surface area contributed by atoms with Gasteiger partial charge in [-0.1, -0.05) is 291 Å². The third-order valence-corrected chi connectivity index (χ3v) is 13.5. The summed E-state index contributed by atoms with van der Waals surface area (Å²) in [7, 11) is 0. The van der Waals surface area contributed by atoms with Crippen LogP contribution in [-0.2, 0) is 28.6 Å². The average molecular weight is 920 g/mol. The van der Waals surface area contributed by atoms with E-state index >= 15 is 0 Å². The molecular formula is C59H114O6.